The lowest BCUT2D eigenvalue weighted by Crippen LogP contribution is -2.18. The third kappa shape index (κ3) is 2.16. The van der Waals surface area contributed by atoms with Crippen molar-refractivity contribution in [1.29, 1.82) is 0 Å². The molecular weight excluding hydrogens is 242 g/mol. The molecule has 2 aliphatic carbocycles. The smallest absolute Gasteiger partial charge is 0.225 e. The summed E-state index contributed by atoms with van der Waals surface area (Å²) in [5.74, 6) is 3.23. The van der Waals surface area contributed by atoms with E-state index < -0.39 is 0 Å². The van der Waals surface area contributed by atoms with Crippen LogP contribution in [0.25, 0.3) is 0 Å². The Bertz CT molecular complexity index is 501. The highest BCUT2D eigenvalue weighted by Gasteiger charge is 2.46. The van der Waals surface area contributed by atoms with Crippen LogP contribution in [0.1, 0.15) is 36.9 Å². The maximum absolute atomic E-state index is 12.1. The summed E-state index contributed by atoms with van der Waals surface area (Å²) in [6.07, 6.45) is 5.40. The molecule has 2 heterocycles. The first-order valence-corrected chi connectivity index (χ1v) is 7.23. The minimum Gasteiger partial charge on any atom is -0.376 e. The lowest BCUT2D eigenvalue weighted by Gasteiger charge is -2.14. The first-order valence-electron chi connectivity index (χ1n) is 7.23. The third-order valence-corrected chi connectivity index (χ3v) is 4.77. The molecule has 2 fully saturated rings. The molecule has 4 rings (SSSR count). The molecule has 1 amide bonds. The van der Waals surface area contributed by atoms with Crippen molar-refractivity contribution in [2.45, 2.75) is 38.7 Å². The molecule has 2 atom stereocenters. The largest absolute Gasteiger partial charge is 0.376 e. The molecule has 1 aromatic rings. The van der Waals surface area contributed by atoms with Gasteiger partial charge in [0.15, 0.2) is 5.82 Å². The zero-order chi connectivity index (χ0) is 12.8. The fourth-order valence-electron chi connectivity index (χ4n) is 3.67. The Labute approximate surface area is 112 Å². The summed E-state index contributed by atoms with van der Waals surface area (Å²) < 4.78 is 5.42. The number of rotatable bonds is 3. The van der Waals surface area contributed by atoms with Crippen molar-refractivity contribution in [1.82, 2.24) is 10.2 Å². The number of aromatic nitrogens is 2. The zero-order valence-electron chi connectivity index (χ0n) is 10.9. The molecule has 3 aliphatic rings. The summed E-state index contributed by atoms with van der Waals surface area (Å²) in [7, 11) is 0. The number of amides is 1. The average molecular weight is 261 g/mol. The van der Waals surface area contributed by atoms with Crippen molar-refractivity contribution in [3.63, 3.8) is 0 Å². The molecule has 0 spiro atoms. The number of fused-ring (bicyclic) bond motifs is 2. The highest BCUT2D eigenvalue weighted by Crippen LogP contribution is 2.55. The Kier molecular flexibility index (Phi) is 2.62. The molecule has 0 saturated heterocycles. The van der Waals surface area contributed by atoms with E-state index in [9.17, 15) is 4.79 Å². The van der Waals surface area contributed by atoms with E-state index in [1.54, 1.807) is 0 Å². The molecular formula is C14H19N3O2. The minimum atomic E-state index is 0.103. The van der Waals surface area contributed by atoms with Crippen molar-refractivity contribution in [3.8, 4) is 0 Å². The molecule has 5 nitrogen and oxygen atoms in total. The van der Waals surface area contributed by atoms with Crippen LogP contribution in [0.15, 0.2) is 0 Å². The van der Waals surface area contributed by atoms with Gasteiger partial charge in [0.2, 0.25) is 5.91 Å². The van der Waals surface area contributed by atoms with Gasteiger partial charge in [-0.25, -0.2) is 0 Å². The Balaban J connectivity index is 1.38. The number of H-pyrrole nitrogens is 1. The van der Waals surface area contributed by atoms with Crippen molar-refractivity contribution in [2.75, 3.05) is 11.9 Å². The molecule has 0 bridgehead atoms. The summed E-state index contributed by atoms with van der Waals surface area (Å²) in [6.45, 7) is 1.28. The molecule has 5 heteroatoms. The summed E-state index contributed by atoms with van der Waals surface area (Å²) in [6, 6.07) is 0. The summed E-state index contributed by atoms with van der Waals surface area (Å²) in [5, 5.41) is 10.1. The monoisotopic (exact) mass is 261 g/mol. The number of ether oxygens (including phenoxy) is 1. The van der Waals surface area contributed by atoms with E-state index in [4.69, 9.17) is 4.74 Å². The fraction of sp³-hybridized carbons (Fsp3) is 0.714. The highest BCUT2D eigenvalue weighted by atomic mass is 16.5. The number of nitrogens with zero attached hydrogens (tertiary/aromatic N) is 1. The second-order valence-electron chi connectivity index (χ2n) is 6.18. The van der Waals surface area contributed by atoms with Gasteiger partial charge in [-0.05, 0) is 37.0 Å². The number of carbonyl (C=O) groups excluding carboxylic acids is 1. The highest BCUT2D eigenvalue weighted by molar-refractivity contribution is 5.90. The molecule has 1 aliphatic heterocycles. The predicted octanol–water partition coefficient (Wildman–Crippen LogP) is 1.86. The van der Waals surface area contributed by atoms with Crippen LogP contribution < -0.4 is 5.32 Å². The summed E-state index contributed by atoms with van der Waals surface area (Å²) in [4.78, 5) is 12.1. The van der Waals surface area contributed by atoms with Gasteiger partial charge >= 0.3 is 0 Å². The molecule has 2 unspecified atom stereocenters. The van der Waals surface area contributed by atoms with Gasteiger partial charge < -0.3 is 10.1 Å². The first-order chi connectivity index (χ1) is 9.29. The number of hydrogen-bond acceptors (Lipinski definition) is 3. The zero-order valence-corrected chi connectivity index (χ0v) is 10.9. The number of anilines is 1. The van der Waals surface area contributed by atoms with Gasteiger partial charge in [-0.2, -0.15) is 5.10 Å². The van der Waals surface area contributed by atoms with E-state index >= 15 is 0 Å². The van der Waals surface area contributed by atoms with Crippen LogP contribution in [-0.2, 0) is 22.6 Å². The molecule has 19 heavy (non-hydrogen) atoms. The van der Waals surface area contributed by atoms with Gasteiger partial charge in [0.1, 0.15) is 0 Å². The van der Waals surface area contributed by atoms with Crippen molar-refractivity contribution >= 4 is 11.7 Å². The number of aromatic amines is 1. The van der Waals surface area contributed by atoms with Gasteiger partial charge in [0, 0.05) is 24.1 Å². The Hall–Kier alpha value is -1.36. The molecule has 0 radical (unpaired) electrons. The number of nitrogens with one attached hydrogen (secondary N) is 2. The normalized spacial score (nSPS) is 31.7. The van der Waals surface area contributed by atoms with Gasteiger partial charge in [0.25, 0.3) is 0 Å². The van der Waals surface area contributed by atoms with E-state index in [2.05, 4.69) is 15.5 Å². The van der Waals surface area contributed by atoms with Crippen molar-refractivity contribution < 1.29 is 9.53 Å². The van der Waals surface area contributed by atoms with Gasteiger partial charge in [-0.1, -0.05) is 0 Å². The van der Waals surface area contributed by atoms with Crippen LogP contribution in [0, 0.1) is 17.8 Å². The molecule has 1 aromatic heterocycles. The minimum absolute atomic E-state index is 0.103. The lowest BCUT2D eigenvalue weighted by molar-refractivity contribution is -0.117. The average Bonchev–Trinajstić information content (AvgIpc) is 2.84. The van der Waals surface area contributed by atoms with Crippen LogP contribution in [-0.4, -0.2) is 22.7 Å². The quantitative estimate of drug-likeness (QED) is 0.872. The van der Waals surface area contributed by atoms with Crippen LogP contribution in [0.5, 0.6) is 0 Å². The van der Waals surface area contributed by atoms with E-state index in [1.165, 1.54) is 19.3 Å². The number of carbonyl (C=O) groups is 1. The second kappa shape index (κ2) is 4.34. The standard InChI is InChI=1S/C14H19N3O2/c18-13(5-8-3-9-6-10(9)4-8)15-14-11-7-19-2-1-12(11)16-17-14/h8-10H,1-7H2,(H2,15,16,17,18). The van der Waals surface area contributed by atoms with E-state index in [1.807, 2.05) is 0 Å². The van der Waals surface area contributed by atoms with E-state index in [-0.39, 0.29) is 5.91 Å². The SMILES string of the molecule is O=C(CC1CC2CC2C1)Nc1n[nH]c2c1COCC2. The Morgan fingerprint density at radius 3 is 3.05 bits per heavy atom. The van der Waals surface area contributed by atoms with Crippen molar-refractivity contribution in [2.24, 2.45) is 17.8 Å². The van der Waals surface area contributed by atoms with E-state index in [0.29, 0.717) is 24.8 Å². The molecule has 0 aromatic carbocycles. The third-order valence-electron chi connectivity index (χ3n) is 4.77. The van der Waals surface area contributed by atoms with E-state index in [0.717, 1.165) is 36.1 Å². The Morgan fingerprint density at radius 2 is 2.21 bits per heavy atom. The summed E-state index contributed by atoms with van der Waals surface area (Å²) in [5.41, 5.74) is 2.12. The van der Waals surface area contributed by atoms with Crippen LogP contribution >= 0.6 is 0 Å². The van der Waals surface area contributed by atoms with Gasteiger partial charge in [0.05, 0.1) is 13.2 Å². The van der Waals surface area contributed by atoms with Crippen LogP contribution in [0.3, 0.4) is 0 Å². The number of hydrogen-bond donors (Lipinski definition) is 2. The van der Waals surface area contributed by atoms with Crippen LogP contribution in [0.2, 0.25) is 0 Å². The fourth-order valence-corrected chi connectivity index (χ4v) is 3.67. The lowest BCUT2D eigenvalue weighted by atomic mass is 9.99. The maximum atomic E-state index is 12.1. The topological polar surface area (TPSA) is 67.0 Å². The summed E-state index contributed by atoms with van der Waals surface area (Å²) >= 11 is 0. The first kappa shape index (κ1) is 11.5. The van der Waals surface area contributed by atoms with Gasteiger partial charge in [-0.3, -0.25) is 9.89 Å². The molecule has 2 N–H and O–H groups in total. The van der Waals surface area contributed by atoms with Crippen molar-refractivity contribution in [3.05, 3.63) is 11.3 Å². The Morgan fingerprint density at radius 1 is 1.37 bits per heavy atom. The maximum Gasteiger partial charge on any atom is 0.225 e. The predicted molar refractivity (Wildman–Crippen MR) is 69.5 cm³/mol. The van der Waals surface area contributed by atoms with Gasteiger partial charge in [-0.15, -0.1) is 0 Å². The van der Waals surface area contributed by atoms with Crippen LogP contribution in [0.4, 0.5) is 5.82 Å². The molecule has 102 valence electrons. The second-order valence-corrected chi connectivity index (χ2v) is 6.18. The molecule has 2 saturated carbocycles.